The molecule has 4 rings (SSSR count). The zero-order chi connectivity index (χ0) is 20.4. The van der Waals surface area contributed by atoms with Crippen molar-refractivity contribution in [2.75, 3.05) is 31.1 Å². The van der Waals surface area contributed by atoms with E-state index in [1.54, 1.807) is 24.3 Å². The van der Waals surface area contributed by atoms with Crippen molar-refractivity contribution in [1.29, 1.82) is 0 Å². The molecule has 152 valence electrons. The summed E-state index contributed by atoms with van der Waals surface area (Å²) in [5, 5.41) is 8.56. The number of hydrogen-bond acceptors (Lipinski definition) is 6. The number of benzene rings is 1. The number of hydrogen-bond donors (Lipinski definition) is 0. The van der Waals surface area contributed by atoms with E-state index in [4.69, 9.17) is 4.52 Å². The molecule has 0 aliphatic carbocycles. The molecule has 0 spiro atoms. The summed E-state index contributed by atoms with van der Waals surface area (Å²) in [6, 6.07) is 9.44. The lowest BCUT2D eigenvalue weighted by molar-refractivity contribution is 0.247. The van der Waals surface area contributed by atoms with Crippen LogP contribution in [0.1, 0.15) is 22.6 Å². The van der Waals surface area contributed by atoms with Gasteiger partial charge in [0.25, 0.3) is 5.56 Å². The minimum absolute atomic E-state index is 0.171. The lowest BCUT2D eigenvalue weighted by atomic mass is 10.2. The predicted molar refractivity (Wildman–Crippen MR) is 107 cm³/mol. The summed E-state index contributed by atoms with van der Waals surface area (Å²) in [7, 11) is 0. The molecular weight excluding hydrogens is 373 g/mol. The SMILES string of the molecule is Cc1noc(C)c1CN1CCN(c2ccc(=O)n(Cc3ccc(F)cc3)n2)CC1. The third-order valence-corrected chi connectivity index (χ3v) is 5.36. The molecule has 3 heterocycles. The molecule has 1 fully saturated rings. The lowest BCUT2D eigenvalue weighted by Crippen LogP contribution is -2.46. The molecule has 0 N–H and O–H groups in total. The summed E-state index contributed by atoms with van der Waals surface area (Å²) < 4.78 is 19.8. The molecule has 0 amide bonds. The largest absolute Gasteiger partial charge is 0.361 e. The predicted octanol–water partition coefficient (Wildman–Crippen LogP) is 2.36. The van der Waals surface area contributed by atoms with Gasteiger partial charge in [-0.15, -0.1) is 0 Å². The maximum Gasteiger partial charge on any atom is 0.267 e. The highest BCUT2D eigenvalue weighted by atomic mass is 19.1. The van der Waals surface area contributed by atoms with Crippen molar-refractivity contribution < 1.29 is 8.91 Å². The van der Waals surface area contributed by atoms with Gasteiger partial charge in [0.2, 0.25) is 0 Å². The molecule has 0 atom stereocenters. The molecule has 7 nitrogen and oxygen atoms in total. The van der Waals surface area contributed by atoms with Crippen LogP contribution in [0.4, 0.5) is 10.2 Å². The van der Waals surface area contributed by atoms with E-state index >= 15 is 0 Å². The fraction of sp³-hybridized carbons (Fsp3) is 0.381. The lowest BCUT2D eigenvalue weighted by Gasteiger charge is -2.35. The Labute approximate surface area is 168 Å². The van der Waals surface area contributed by atoms with Gasteiger partial charge >= 0.3 is 0 Å². The van der Waals surface area contributed by atoms with Crippen LogP contribution in [0.25, 0.3) is 0 Å². The van der Waals surface area contributed by atoms with E-state index in [2.05, 4.69) is 20.1 Å². The number of rotatable bonds is 5. The molecule has 1 aromatic carbocycles. The van der Waals surface area contributed by atoms with Gasteiger partial charge in [0.15, 0.2) is 0 Å². The van der Waals surface area contributed by atoms with E-state index in [0.29, 0.717) is 6.54 Å². The van der Waals surface area contributed by atoms with Crippen molar-refractivity contribution >= 4 is 5.82 Å². The van der Waals surface area contributed by atoms with Crippen LogP contribution in [0, 0.1) is 19.7 Å². The zero-order valence-electron chi connectivity index (χ0n) is 16.6. The van der Waals surface area contributed by atoms with Crippen LogP contribution in [0.5, 0.6) is 0 Å². The molecule has 2 aromatic heterocycles. The van der Waals surface area contributed by atoms with E-state index in [9.17, 15) is 9.18 Å². The second-order valence-electron chi connectivity index (χ2n) is 7.38. The highest BCUT2D eigenvalue weighted by Crippen LogP contribution is 2.18. The highest BCUT2D eigenvalue weighted by Gasteiger charge is 2.21. The van der Waals surface area contributed by atoms with Crippen molar-refractivity contribution in [1.82, 2.24) is 19.8 Å². The summed E-state index contributed by atoms with van der Waals surface area (Å²) in [5.74, 6) is 1.36. The van der Waals surface area contributed by atoms with E-state index < -0.39 is 0 Å². The van der Waals surface area contributed by atoms with Gasteiger partial charge in [-0.05, 0) is 37.6 Å². The third-order valence-electron chi connectivity index (χ3n) is 5.36. The first-order valence-electron chi connectivity index (χ1n) is 9.71. The van der Waals surface area contributed by atoms with Gasteiger partial charge in [-0.25, -0.2) is 9.07 Å². The van der Waals surface area contributed by atoms with Crippen molar-refractivity contribution in [2.24, 2.45) is 0 Å². The molecule has 0 bridgehead atoms. The Morgan fingerprint density at radius 2 is 1.72 bits per heavy atom. The maximum atomic E-state index is 13.1. The molecule has 0 radical (unpaired) electrons. The van der Waals surface area contributed by atoms with Crippen LogP contribution in [-0.4, -0.2) is 46.0 Å². The molecular formula is C21H24FN5O2. The number of anilines is 1. The average Bonchev–Trinajstić information content (AvgIpc) is 3.04. The van der Waals surface area contributed by atoms with Crippen LogP contribution < -0.4 is 10.5 Å². The van der Waals surface area contributed by atoms with E-state index in [1.165, 1.54) is 16.8 Å². The van der Waals surface area contributed by atoms with E-state index in [1.807, 2.05) is 13.8 Å². The Kier molecular flexibility index (Phi) is 5.44. The number of halogens is 1. The quantitative estimate of drug-likeness (QED) is 0.659. The summed E-state index contributed by atoms with van der Waals surface area (Å²) in [5.41, 5.74) is 2.77. The van der Waals surface area contributed by atoms with Gasteiger partial charge in [-0.1, -0.05) is 17.3 Å². The monoisotopic (exact) mass is 397 g/mol. The fourth-order valence-electron chi connectivity index (χ4n) is 3.57. The Balaban J connectivity index is 1.42. The number of aryl methyl sites for hydroxylation is 2. The smallest absolute Gasteiger partial charge is 0.267 e. The van der Waals surface area contributed by atoms with E-state index in [0.717, 1.165) is 61.1 Å². The van der Waals surface area contributed by atoms with Gasteiger partial charge < -0.3 is 9.42 Å². The first-order valence-corrected chi connectivity index (χ1v) is 9.71. The number of aromatic nitrogens is 3. The molecule has 1 aliphatic rings. The van der Waals surface area contributed by atoms with Crippen molar-refractivity contribution in [3.05, 3.63) is 75.2 Å². The van der Waals surface area contributed by atoms with Gasteiger partial charge in [0.05, 0.1) is 12.2 Å². The second kappa shape index (κ2) is 8.16. The Hall–Kier alpha value is -3.00. The van der Waals surface area contributed by atoms with Crippen LogP contribution >= 0.6 is 0 Å². The Bertz CT molecular complexity index is 1020. The van der Waals surface area contributed by atoms with Crippen molar-refractivity contribution in [3.8, 4) is 0 Å². The molecule has 0 unspecified atom stereocenters. The van der Waals surface area contributed by atoms with Gasteiger partial charge in [0.1, 0.15) is 17.4 Å². The van der Waals surface area contributed by atoms with Gasteiger partial charge in [-0.3, -0.25) is 9.69 Å². The van der Waals surface area contributed by atoms with Crippen LogP contribution in [0.2, 0.25) is 0 Å². The van der Waals surface area contributed by atoms with Crippen molar-refractivity contribution in [3.63, 3.8) is 0 Å². The molecule has 1 saturated heterocycles. The minimum atomic E-state index is -0.294. The molecule has 29 heavy (non-hydrogen) atoms. The normalized spacial score (nSPS) is 15.1. The third kappa shape index (κ3) is 4.37. The van der Waals surface area contributed by atoms with Crippen LogP contribution in [0.15, 0.2) is 45.7 Å². The summed E-state index contributed by atoms with van der Waals surface area (Å²) >= 11 is 0. The van der Waals surface area contributed by atoms with Crippen LogP contribution in [-0.2, 0) is 13.1 Å². The molecule has 8 heteroatoms. The molecule has 0 saturated carbocycles. The highest BCUT2D eigenvalue weighted by molar-refractivity contribution is 5.37. The molecule has 1 aliphatic heterocycles. The molecule has 3 aromatic rings. The summed E-state index contributed by atoms with van der Waals surface area (Å²) in [6.07, 6.45) is 0. The number of piperazine rings is 1. The summed E-state index contributed by atoms with van der Waals surface area (Å²) in [6.45, 7) is 8.49. The van der Waals surface area contributed by atoms with Crippen molar-refractivity contribution in [2.45, 2.75) is 26.9 Å². The van der Waals surface area contributed by atoms with Gasteiger partial charge in [0, 0.05) is 44.4 Å². The second-order valence-corrected chi connectivity index (χ2v) is 7.38. The minimum Gasteiger partial charge on any atom is -0.361 e. The maximum absolute atomic E-state index is 13.1. The standard InChI is InChI=1S/C21H24FN5O2/c1-15-19(16(2)29-24-15)14-25-9-11-26(12-10-25)20-7-8-21(28)27(23-20)13-17-3-5-18(22)6-4-17/h3-8H,9-14H2,1-2H3. The van der Waals surface area contributed by atoms with E-state index in [-0.39, 0.29) is 11.4 Å². The fourth-order valence-corrected chi connectivity index (χ4v) is 3.57. The average molecular weight is 397 g/mol. The topological polar surface area (TPSA) is 67.4 Å². The first kappa shape index (κ1) is 19.3. The Morgan fingerprint density at radius 1 is 1.00 bits per heavy atom. The van der Waals surface area contributed by atoms with Gasteiger partial charge in [-0.2, -0.15) is 5.10 Å². The zero-order valence-corrected chi connectivity index (χ0v) is 16.6. The Morgan fingerprint density at radius 3 is 2.38 bits per heavy atom. The van der Waals surface area contributed by atoms with Crippen LogP contribution in [0.3, 0.4) is 0 Å². The first-order chi connectivity index (χ1) is 14.0. The number of nitrogens with zero attached hydrogens (tertiary/aromatic N) is 5. The summed E-state index contributed by atoms with van der Waals surface area (Å²) in [4.78, 5) is 16.8.